The molecule has 3 N–H and O–H groups in total. The average Bonchev–Trinajstić information content (AvgIpc) is 3.86. The molecule has 9 saturated carbocycles. The summed E-state index contributed by atoms with van der Waals surface area (Å²) in [4.78, 5) is 0. The summed E-state index contributed by atoms with van der Waals surface area (Å²) in [7, 11) is 0. The standard InChI is InChI=1S/C53H87N3O2/c1-3-12-32(13-4-1)36-22-23-38-29-39(25-24-37(38)28-36)51-54-52(42-19-11-21-46-48(42)41-18-9-10-20-45(41)57-46)56-53(55-51)43-27-26-40(33-14-5-2-6-15-33)50-49(43)44-30-34-16-7-8-17-35(34)31-47(44)58-50/h32-56H,1-31H2. The average molecular weight is 798 g/mol. The highest BCUT2D eigenvalue weighted by Gasteiger charge is 2.60. The minimum Gasteiger partial charge on any atom is -0.374 e. The Hall–Kier alpha value is -0.200. The number of ether oxygens (including phenoxy) is 2. The fourth-order valence-corrected chi connectivity index (χ4v) is 19.2. The van der Waals surface area contributed by atoms with Crippen LogP contribution in [0.25, 0.3) is 0 Å². The lowest BCUT2D eigenvalue weighted by Gasteiger charge is -2.55. The quantitative estimate of drug-likeness (QED) is 0.259. The highest BCUT2D eigenvalue weighted by Crippen LogP contribution is 2.59. The molecule has 20 unspecified atom stereocenters. The van der Waals surface area contributed by atoms with Crippen LogP contribution in [0.3, 0.4) is 0 Å². The van der Waals surface area contributed by atoms with Crippen molar-refractivity contribution in [1.82, 2.24) is 16.0 Å². The number of rotatable bonds is 5. The summed E-state index contributed by atoms with van der Waals surface area (Å²) in [6.45, 7) is 0. The maximum Gasteiger partial charge on any atom is 0.0645 e. The van der Waals surface area contributed by atoms with Crippen molar-refractivity contribution >= 4 is 0 Å². The van der Waals surface area contributed by atoms with E-state index in [0.717, 1.165) is 76.9 Å². The first-order chi connectivity index (χ1) is 28.7. The minimum atomic E-state index is 0.423. The molecule has 12 fully saturated rings. The molecule has 5 nitrogen and oxygen atoms in total. The van der Waals surface area contributed by atoms with Crippen molar-refractivity contribution in [3.8, 4) is 0 Å². The molecule has 0 aromatic heterocycles. The van der Waals surface area contributed by atoms with Crippen LogP contribution in [-0.2, 0) is 9.47 Å². The molecule has 0 bridgehead atoms. The molecule has 0 aromatic carbocycles. The summed E-state index contributed by atoms with van der Waals surface area (Å²) >= 11 is 0. The molecule has 9 aliphatic carbocycles. The van der Waals surface area contributed by atoms with Crippen molar-refractivity contribution in [2.24, 2.45) is 88.8 Å². The Bertz CT molecular complexity index is 1380. The fourth-order valence-electron chi connectivity index (χ4n) is 19.2. The van der Waals surface area contributed by atoms with Crippen molar-refractivity contribution in [3.63, 3.8) is 0 Å². The van der Waals surface area contributed by atoms with Crippen molar-refractivity contribution < 1.29 is 9.47 Å². The molecule has 0 aromatic rings. The second-order valence-electron chi connectivity index (χ2n) is 24.3. The van der Waals surface area contributed by atoms with Gasteiger partial charge in [-0.1, -0.05) is 109 Å². The van der Waals surface area contributed by atoms with Gasteiger partial charge in [-0.25, -0.2) is 0 Å². The molecule has 20 atom stereocenters. The van der Waals surface area contributed by atoms with Gasteiger partial charge in [0.05, 0.1) is 42.9 Å². The zero-order valence-corrected chi connectivity index (χ0v) is 36.9. The van der Waals surface area contributed by atoms with Crippen LogP contribution in [0.1, 0.15) is 199 Å². The Kier molecular flexibility index (Phi) is 11.6. The summed E-state index contributed by atoms with van der Waals surface area (Å²) in [5, 5.41) is 13.7. The molecule has 0 spiro atoms. The van der Waals surface area contributed by atoms with Gasteiger partial charge in [0.15, 0.2) is 0 Å². The Morgan fingerprint density at radius 1 is 0.259 bits per heavy atom. The number of fused-ring (bicyclic) bond motifs is 8. The van der Waals surface area contributed by atoms with E-state index in [9.17, 15) is 0 Å². The molecule has 12 rings (SSSR count). The van der Waals surface area contributed by atoms with E-state index >= 15 is 0 Å². The van der Waals surface area contributed by atoms with Crippen LogP contribution in [0, 0.1) is 88.8 Å². The third-order valence-corrected chi connectivity index (χ3v) is 21.8. The van der Waals surface area contributed by atoms with E-state index in [1.54, 1.807) is 25.7 Å². The molecule has 3 saturated heterocycles. The lowest BCUT2D eigenvalue weighted by molar-refractivity contribution is -0.0767. The van der Waals surface area contributed by atoms with E-state index in [4.69, 9.17) is 9.47 Å². The van der Waals surface area contributed by atoms with Crippen molar-refractivity contribution in [2.75, 3.05) is 0 Å². The van der Waals surface area contributed by atoms with Gasteiger partial charge in [-0.05, 0) is 179 Å². The van der Waals surface area contributed by atoms with Crippen molar-refractivity contribution in [2.45, 2.75) is 242 Å². The summed E-state index contributed by atoms with van der Waals surface area (Å²) in [6.07, 6.45) is 48.9. The van der Waals surface area contributed by atoms with Crippen LogP contribution in [0.2, 0.25) is 0 Å². The predicted molar refractivity (Wildman–Crippen MR) is 234 cm³/mol. The first kappa shape index (κ1) is 39.4. The first-order valence-electron chi connectivity index (χ1n) is 27.3. The van der Waals surface area contributed by atoms with E-state index in [1.165, 1.54) is 173 Å². The molecule has 3 aliphatic heterocycles. The van der Waals surface area contributed by atoms with Crippen LogP contribution in [0.15, 0.2) is 0 Å². The lowest BCUT2D eigenvalue weighted by atomic mass is 9.57. The number of hydrogen-bond acceptors (Lipinski definition) is 5. The zero-order chi connectivity index (χ0) is 38.2. The molecule has 0 radical (unpaired) electrons. The Morgan fingerprint density at radius 3 is 1.55 bits per heavy atom. The van der Waals surface area contributed by atoms with Gasteiger partial charge in [0.25, 0.3) is 0 Å². The largest absolute Gasteiger partial charge is 0.374 e. The maximum atomic E-state index is 7.63. The van der Waals surface area contributed by atoms with Gasteiger partial charge in [0.1, 0.15) is 0 Å². The minimum absolute atomic E-state index is 0.423. The molecule has 5 heteroatoms. The molecule has 0 amide bonds. The highest BCUT2D eigenvalue weighted by molar-refractivity contribution is 5.09. The van der Waals surface area contributed by atoms with Gasteiger partial charge in [0.2, 0.25) is 0 Å². The van der Waals surface area contributed by atoms with Gasteiger partial charge >= 0.3 is 0 Å². The normalized spacial score (nSPS) is 54.0. The van der Waals surface area contributed by atoms with Gasteiger partial charge in [-0.3, -0.25) is 16.0 Å². The Morgan fingerprint density at radius 2 is 0.776 bits per heavy atom. The van der Waals surface area contributed by atoms with E-state index in [2.05, 4.69) is 16.0 Å². The van der Waals surface area contributed by atoms with Crippen LogP contribution in [0.5, 0.6) is 0 Å². The molecular formula is C53H87N3O2. The van der Waals surface area contributed by atoms with Crippen LogP contribution in [-0.4, -0.2) is 42.9 Å². The van der Waals surface area contributed by atoms with Crippen molar-refractivity contribution in [1.29, 1.82) is 0 Å². The predicted octanol–water partition coefficient (Wildman–Crippen LogP) is 11.7. The maximum absolute atomic E-state index is 7.63. The Balaban J connectivity index is 0.828. The first-order valence-corrected chi connectivity index (χ1v) is 27.3. The Labute approximate surface area is 355 Å². The van der Waals surface area contributed by atoms with Crippen molar-refractivity contribution in [3.05, 3.63) is 0 Å². The zero-order valence-electron chi connectivity index (χ0n) is 36.9. The smallest absolute Gasteiger partial charge is 0.0645 e. The second kappa shape index (κ2) is 17.1. The third kappa shape index (κ3) is 7.37. The summed E-state index contributed by atoms with van der Waals surface area (Å²) in [5.74, 6) is 13.1. The summed E-state index contributed by atoms with van der Waals surface area (Å²) in [5.41, 5.74) is 0. The molecular weight excluding hydrogens is 711 g/mol. The van der Waals surface area contributed by atoms with E-state index in [-0.39, 0.29) is 0 Å². The van der Waals surface area contributed by atoms with Crippen LogP contribution < -0.4 is 16.0 Å². The van der Waals surface area contributed by atoms with E-state index in [0.29, 0.717) is 54.7 Å². The highest BCUT2D eigenvalue weighted by atomic mass is 16.5. The monoisotopic (exact) mass is 798 g/mol. The number of nitrogens with one attached hydrogen (secondary N) is 3. The van der Waals surface area contributed by atoms with Gasteiger partial charge in [-0.15, -0.1) is 0 Å². The van der Waals surface area contributed by atoms with Gasteiger partial charge in [-0.2, -0.15) is 0 Å². The van der Waals surface area contributed by atoms with Gasteiger partial charge in [0, 0.05) is 0 Å². The topological polar surface area (TPSA) is 54.5 Å². The van der Waals surface area contributed by atoms with Crippen LogP contribution >= 0.6 is 0 Å². The van der Waals surface area contributed by atoms with Crippen LogP contribution in [0.4, 0.5) is 0 Å². The van der Waals surface area contributed by atoms with E-state index in [1.807, 2.05) is 0 Å². The summed E-state index contributed by atoms with van der Waals surface area (Å²) < 4.78 is 14.7. The summed E-state index contributed by atoms with van der Waals surface area (Å²) in [6, 6.07) is 0. The molecule has 58 heavy (non-hydrogen) atoms. The SMILES string of the molecule is C1CCC(C2CCC3CC(C4NC(C5CCCC6OC7CCCCC7C65)NC(C5CCC(C6CCCCC6)C6OC7CC8CCCCC8CC7C56)N4)CCC3C2)CC1. The number of hydrogen-bond donors (Lipinski definition) is 3. The molecule has 3 heterocycles. The fraction of sp³-hybridized carbons (Fsp3) is 1.00. The lowest BCUT2D eigenvalue weighted by Crippen LogP contribution is -2.74. The van der Waals surface area contributed by atoms with E-state index < -0.39 is 0 Å². The van der Waals surface area contributed by atoms with Gasteiger partial charge < -0.3 is 9.47 Å². The molecule has 12 aliphatic rings. The second-order valence-corrected chi connectivity index (χ2v) is 24.3. The third-order valence-electron chi connectivity index (χ3n) is 21.8. The molecule has 326 valence electrons.